The summed E-state index contributed by atoms with van der Waals surface area (Å²) in [5, 5.41) is 2.66. The fourth-order valence-electron chi connectivity index (χ4n) is 1.29. The van der Waals surface area contributed by atoms with Crippen molar-refractivity contribution in [2.75, 3.05) is 19.3 Å². The molecule has 1 aromatic carbocycles. The SMILES string of the molecule is CS(=O)(=O)c1ccc(C(=O)NC/C=C/CN)cc1. The van der Waals surface area contributed by atoms with E-state index >= 15 is 0 Å². The third-order valence-corrected chi connectivity index (χ3v) is 3.36. The van der Waals surface area contributed by atoms with Crippen LogP contribution in [0.15, 0.2) is 41.3 Å². The van der Waals surface area contributed by atoms with Crippen LogP contribution in [0.3, 0.4) is 0 Å². The predicted molar refractivity (Wildman–Crippen MR) is 70.1 cm³/mol. The van der Waals surface area contributed by atoms with Gasteiger partial charge in [-0.25, -0.2) is 8.42 Å². The highest BCUT2D eigenvalue weighted by molar-refractivity contribution is 7.90. The van der Waals surface area contributed by atoms with E-state index in [1.54, 1.807) is 12.2 Å². The van der Waals surface area contributed by atoms with Gasteiger partial charge in [-0.2, -0.15) is 0 Å². The van der Waals surface area contributed by atoms with Crippen LogP contribution < -0.4 is 11.1 Å². The Morgan fingerprint density at radius 3 is 2.39 bits per heavy atom. The number of hydrogen-bond acceptors (Lipinski definition) is 4. The van der Waals surface area contributed by atoms with Crippen LogP contribution in [0.2, 0.25) is 0 Å². The lowest BCUT2D eigenvalue weighted by molar-refractivity contribution is 0.0958. The van der Waals surface area contributed by atoms with Crippen LogP contribution in [0.25, 0.3) is 0 Å². The molecule has 0 heterocycles. The first-order valence-corrected chi connectivity index (χ1v) is 7.27. The molecule has 98 valence electrons. The number of hydrogen-bond donors (Lipinski definition) is 2. The third kappa shape index (κ3) is 4.31. The quantitative estimate of drug-likeness (QED) is 0.753. The largest absolute Gasteiger partial charge is 0.349 e. The topological polar surface area (TPSA) is 89.3 Å². The lowest BCUT2D eigenvalue weighted by atomic mass is 10.2. The first-order chi connectivity index (χ1) is 8.45. The van der Waals surface area contributed by atoms with Gasteiger partial charge in [0, 0.05) is 24.9 Å². The Morgan fingerprint density at radius 2 is 1.89 bits per heavy atom. The summed E-state index contributed by atoms with van der Waals surface area (Å²) in [5.41, 5.74) is 5.68. The maximum Gasteiger partial charge on any atom is 0.251 e. The van der Waals surface area contributed by atoms with Crippen molar-refractivity contribution < 1.29 is 13.2 Å². The van der Waals surface area contributed by atoms with E-state index in [0.29, 0.717) is 18.7 Å². The first-order valence-electron chi connectivity index (χ1n) is 5.38. The van der Waals surface area contributed by atoms with Crippen LogP contribution in [0.4, 0.5) is 0 Å². The van der Waals surface area contributed by atoms with Crippen molar-refractivity contribution in [3.05, 3.63) is 42.0 Å². The van der Waals surface area contributed by atoms with Crippen LogP contribution in [-0.4, -0.2) is 33.7 Å². The summed E-state index contributed by atoms with van der Waals surface area (Å²) in [6.07, 6.45) is 4.62. The van der Waals surface area contributed by atoms with Gasteiger partial charge < -0.3 is 11.1 Å². The van der Waals surface area contributed by atoms with Gasteiger partial charge >= 0.3 is 0 Å². The number of carbonyl (C=O) groups excluding carboxylic acids is 1. The molecule has 0 unspecified atom stereocenters. The summed E-state index contributed by atoms with van der Waals surface area (Å²) in [7, 11) is -3.23. The Labute approximate surface area is 107 Å². The van der Waals surface area contributed by atoms with Crippen molar-refractivity contribution in [3.8, 4) is 0 Å². The normalized spacial score (nSPS) is 11.7. The van der Waals surface area contributed by atoms with Crippen LogP contribution >= 0.6 is 0 Å². The molecule has 0 saturated carbocycles. The lowest BCUT2D eigenvalue weighted by Gasteiger charge is -2.03. The number of benzene rings is 1. The second-order valence-electron chi connectivity index (χ2n) is 3.71. The molecule has 0 aliphatic heterocycles. The highest BCUT2D eigenvalue weighted by Gasteiger charge is 2.08. The predicted octanol–water partition coefficient (Wildman–Crippen LogP) is 0.335. The van der Waals surface area contributed by atoms with E-state index in [1.807, 2.05) is 0 Å². The third-order valence-electron chi connectivity index (χ3n) is 2.23. The average Bonchev–Trinajstić information content (AvgIpc) is 2.33. The summed E-state index contributed by atoms with van der Waals surface area (Å²) in [6, 6.07) is 5.80. The number of nitrogens with one attached hydrogen (secondary N) is 1. The molecule has 1 aromatic rings. The van der Waals surface area contributed by atoms with E-state index in [9.17, 15) is 13.2 Å². The zero-order chi connectivity index (χ0) is 13.6. The molecule has 0 bridgehead atoms. The molecule has 0 radical (unpaired) electrons. The van der Waals surface area contributed by atoms with Crippen molar-refractivity contribution >= 4 is 15.7 Å². The fourth-order valence-corrected chi connectivity index (χ4v) is 1.92. The van der Waals surface area contributed by atoms with Crippen molar-refractivity contribution in [1.82, 2.24) is 5.32 Å². The molecule has 18 heavy (non-hydrogen) atoms. The second-order valence-corrected chi connectivity index (χ2v) is 5.73. The van der Waals surface area contributed by atoms with Crippen molar-refractivity contribution in [2.45, 2.75) is 4.90 Å². The van der Waals surface area contributed by atoms with Crippen molar-refractivity contribution in [2.24, 2.45) is 5.73 Å². The maximum atomic E-state index is 11.6. The molecule has 0 saturated heterocycles. The van der Waals surface area contributed by atoms with Crippen LogP contribution in [0.5, 0.6) is 0 Å². The molecule has 0 spiro atoms. The lowest BCUT2D eigenvalue weighted by Crippen LogP contribution is -2.23. The Bertz CT molecular complexity index is 533. The molecule has 1 amide bonds. The molecule has 0 aromatic heterocycles. The Kier molecular flexibility index (Phi) is 5.06. The van der Waals surface area contributed by atoms with Gasteiger partial charge in [0.1, 0.15) is 0 Å². The summed E-state index contributed by atoms with van der Waals surface area (Å²) < 4.78 is 22.5. The number of sulfone groups is 1. The van der Waals surface area contributed by atoms with Crippen molar-refractivity contribution in [3.63, 3.8) is 0 Å². The Hall–Kier alpha value is -1.66. The van der Waals surface area contributed by atoms with E-state index in [0.717, 1.165) is 6.26 Å². The Morgan fingerprint density at radius 1 is 1.28 bits per heavy atom. The molecular weight excluding hydrogens is 252 g/mol. The van der Waals surface area contributed by atoms with E-state index in [4.69, 9.17) is 5.73 Å². The standard InChI is InChI=1S/C12H16N2O3S/c1-18(16,17)11-6-4-10(5-7-11)12(15)14-9-3-2-8-13/h2-7H,8-9,13H2,1H3,(H,14,15)/b3-2+. The summed E-state index contributed by atoms with van der Waals surface area (Å²) in [5.74, 6) is -0.253. The molecule has 0 atom stereocenters. The summed E-state index contributed by atoms with van der Waals surface area (Å²) in [4.78, 5) is 11.8. The minimum Gasteiger partial charge on any atom is -0.349 e. The minimum atomic E-state index is -3.23. The first kappa shape index (κ1) is 14.4. The molecule has 0 aliphatic rings. The molecular formula is C12H16N2O3S. The molecule has 5 nitrogen and oxygen atoms in total. The number of amides is 1. The van der Waals surface area contributed by atoms with E-state index in [-0.39, 0.29) is 10.8 Å². The molecule has 6 heteroatoms. The van der Waals surface area contributed by atoms with Gasteiger partial charge in [0.15, 0.2) is 9.84 Å². The van der Waals surface area contributed by atoms with Crippen molar-refractivity contribution in [1.29, 1.82) is 0 Å². The minimum absolute atomic E-state index is 0.196. The Balaban J connectivity index is 2.68. The van der Waals surface area contributed by atoms with Gasteiger partial charge in [0.25, 0.3) is 5.91 Å². The summed E-state index contributed by atoms with van der Waals surface area (Å²) in [6.45, 7) is 0.822. The molecule has 3 N–H and O–H groups in total. The number of carbonyl (C=O) groups is 1. The molecule has 1 rings (SSSR count). The van der Waals surface area contributed by atoms with Gasteiger partial charge in [0.2, 0.25) is 0 Å². The number of nitrogens with two attached hydrogens (primary N) is 1. The molecule has 0 aliphatic carbocycles. The second kappa shape index (κ2) is 6.32. The van der Waals surface area contributed by atoms with Gasteiger partial charge in [-0.1, -0.05) is 12.2 Å². The van der Waals surface area contributed by atoms with Gasteiger partial charge in [-0.15, -0.1) is 0 Å². The van der Waals surface area contributed by atoms with Gasteiger partial charge in [-0.05, 0) is 24.3 Å². The van der Waals surface area contributed by atoms with Crippen LogP contribution in [-0.2, 0) is 9.84 Å². The zero-order valence-corrected chi connectivity index (χ0v) is 10.9. The van der Waals surface area contributed by atoms with Crippen LogP contribution in [0, 0.1) is 0 Å². The van der Waals surface area contributed by atoms with Gasteiger partial charge in [0.05, 0.1) is 4.90 Å². The van der Waals surface area contributed by atoms with E-state index < -0.39 is 9.84 Å². The molecule has 0 fully saturated rings. The smallest absolute Gasteiger partial charge is 0.251 e. The number of rotatable bonds is 5. The van der Waals surface area contributed by atoms with E-state index in [1.165, 1.54) is 24.3 Å². The van der Waals surface area contributed by atoms with Gasteiger partial charge in [-0.3, -0.25) is 4.79 Å². The maximum absolute atomic E-state index is 11.6. The fraction of sp³-hybridized carbons (Fsp3) is 0.250. The average molecular weight is 268 g/mol. The van der Waals surface area contributed by atoms with E-state index in [2.05, 4.69) is 5.32 Å². The summed E-state index contributed by atoms with van der Waals surface area (Å²) >= 11 is 0. The monoisotopic (exact) mass is 268 g/mol. The highest BCUT2D eigenvalue weighted by atomic mass is 32.2. The zero-order valence-electron chi connectivity index (χ0n) is 10.1. The van der Waals surface area contributed by atoms with Crippen LogP contribution in [0.1, 0.15) is 10.4 Å². The highest BCUT2D eigenvalue weighted by Crippen LogP contribution is 2.10.